The van der Waals surface area contributed by atoms with Crippen LogP contribution < -0.4 is 0 Å². The van der Waals surface area contributed by atoms with E-state index in [9.17, 15) is 4.79 Å². The van der Waals surface area contributed by atoms with Gasteiger partial charge in [-0.05, 0) is 11.6 Å². The van der Waals surface area contributed by atoms with Gasteiger partial charge in [-0.25, -0.2) is 4.79 Å². The molecule has 84 valence electrons. The second kappa shape index (κ2) is 5.56. The van der Waals surface area contributed by atoms with E-state index in [1.807, 2.05) is 24.3 Å². The predicted octanol–water partition coefficient (Wildman–Crippen LogP) is 1.49. The predicted molar refractivity (Wildman–Crippen MR) is 60.3 cm³/mol. The molecule has 0 spiro atoms. The summed E-state index contributed by atoms with van der Waals surface area (Å²) in [5, 5.41) is 0. The minimum absolute atomic E-state index is 0.712. The quantitative estimate of drug-likeness (QED) is 0.570. The number of rotatable bonds is 3. The van der Waals surface area contributed by atoms with Gasteiger partial charge in [-0.2, -0.15) is 4.99 Å². The van der Waals surface area contributed by atoms with E-state index in [0.717, 1.165) is 38.4 Å². The first-order chi connectivity index (χ1) is 7.90. The highest BCUT2D eigenvalue weighted by Gasteiger charge is 2.12. The number of aliphatic imine (C=N–C) groups is 1. The minimum Gasteiger partial charge on any atom is -0.379 e. The normalized spacial score (nSPS) is 16.8. The van der Waals surface area contributed by atoms with Crippen molar-refractivity contribution in [1.82, 2.24) is 4.90 Å². The van der Waals surface area contributed by atoms with Crippen molar-refractivity contribution in [3.8, 4) is 0 Å². The molecule has 0 amide bonds. The van der Waals surface area contributed by atoms with Gasteiger partial charge >= 0.3 is 0 Å². The summed E-state index contributed by atoms with van der Waals surface area (Å²) in [6.07, 6.45) is 1.59. The molecule has 1 aromatic rings. The van der Waals surface area contributed by atoms with E-state index in [0.29, 0.717) is 5.69 Å². The molecule has 16 heavy (non-hydrogen) atoms. The minimum atomic E-state index is 0.712. The number of nitrogens with zero attached hydrogens (tertiary/aromatic N) is 2. The van der Waals surface area contributed by atoms with Crippen molar-refractivity contribution in [1.29, 1.82) is 0 Å². The number of hydrogen-bond donors (Lipinski definition) is 0. The molecule has 4 nitrogen and oxygen atoms in total. The third kappa shape index (κ3) is 2.76. The molecule has 1 aromatic carbocycles. The lowest BCUT2D eigenvalue weighted by Gasteiger charge is -2.26. The fourth-order valence-electron chi connectivity index (χ4n) is 1.80. The third-order valence-corrected chi connectivity index (χ3v) is 2.66. The second-order valence-corrected chi connectivity index (χ2v) is 3.72. The van der Waals surface area contributed by atoms with Gasteiger partial charge in [0.05, 0.1) is 18.9 Å². The number of ether oxygens (including phenoxy) is 1. The van der Waals surface area contributed by atoms with Crippen LogP contribution in [0.15, 0.2) is 29.3 Å². The maximum atomic E-state index is 10.3. The molecule has 1 saturated heterocycles. The fourth-order valence-corrected chi connectivity index (χ4v) is 1.80. The molecule has 0 saturated carbocycles. The number of para-hydroxylation sites is 1. The smallest absolute Gasteiger partial charge is 0.240 e. The van der Waals surface area contributed by atoms with Gasteiger partial charge in [0.2, 0.25) is 6.08 Å². The Morgan fingerprint density at radius 3 is 2.81 bits per heavy atom. The molecule has 1 aliphatic heterocycles. The van der Waals surface area contributed by atoms with Gasteiger partial charge < -0.3 is 4.74 Å². The van der Waals surface area contributed by atoms with Gasteiger partial charge in [-0.15, -0.1) is 0 Å². The summed E-state index contributed by atoms with van der Waals surface area (Å²) in [7, 11) is 0. The summed E-state index contributed by atoms with van der Waals surface area (Å²) >= 11 is 0. The van der Waals surface area contributed by atoms with E-state index in [-0.39, 0.29) is 0 Å². The molecule has 0 bridgehead atoms. The lowest BCUT2D eigenvalue weighted by molar-refractivity contribution is 0.0342. The summed E-state index contributed by atoms with van der Waals surface area (Å²) in [5.41, 5.74) is 1.77. The average Bonchev–Trinajstić information content (AvgIpc) is 2.33. The molecule has 1 fully saturated rings. The maximum absolute atomic E-state index is 10.3. The topological polar surface area (TPSA) is 41.9 Å². The number of isocyanates is 1. The van der Waals surface area contributed by atoms with Gasteiger partial charge in [-0.3, -0.25) is 4.90 Å². The van der Waals surface area contributed by atoms with Gasteiger partial charge in [0.25, 0.3) is 0 Å². The van der Waals surface area contributed by atoms with Crippen molar-refractivity contribution in [2.45, 2.75) is 6.54 Å². The molecule has 1 aliphatic rings. The summed E-state index contributed by atoms with van der Waals surface area (Å²) in [4.78, 5) is 16.3. The van der Waals surface area contributed by atoms with Crippen LogP contribution in [0.1, 0.15) is 5.56 Å². The van der Waals surface area contributed by atoms with Crippen LogP contribution in [0, 0.1) is 0 Å². The Hall–Kier alpha value is -1.48. The average molecular weight is 218 g/mol. The van der Waals surface area contributed by atoms with Crippen molar-refractivity contribution >= 4 is 11.8 Å². The van der Waals surface area contributed by atoms with Gasteiger partial charge in [0.1, 0.15) is 0 Å². The van der Waals surface area contributed by atoms with Crippen LogP contribution in [0.5, 0.6) is 0 Å². The molecule has 0 N–H and O–H groups in total. The summed E-state index contributed by atoms with van der Waals surface area (Å²) in [5.74, 6) is 0. The first kappa shape index (κ1) is 11.0. The largest absolute Gasteiger partial charge is 0.379 e. The van der Waals surface area contributed by atoms with E-state index in [1.165, 1.54) is 0 Å². The standard InChI is InChI=1S/C12H14N2O2/c15-10-13-12-4-2-1-3-11(12)9-14-5-7-16-8-6-14/h1-4H,5-9H2. The summed E-state index contributed by atoms with van der Waals surface area (Å²) in [6.45, 7) is 4.22. The monoisotopic (exact) mass is 218 g/mol. The van der Waals surface area contributed by atoms with Crippen molar-refractivity contribution < 1.29 is 9.53 Å². The molecule has 0 unspecified atom stereocenters. The number of morpholine rings is 1. The van der Waals surface area contributed by atoms with Crippen molar-refractivity contribution in [2.75, 3.05) is 26.3 Å². The molecular weight excluding hydrogens is 204 g/mol. The van der Waals surface area contributed by atoms with E-state index in [1.54, 1.807) is 6.08 Å². The highest BCUT2D eigenvalue weighted by molar-refractivity contribution is 5.53. The SMILES string of the molecule is O=C=Nc1ccccc1CN1CCOCC1. The Kier molecular flexibility index (Phi) is 3.83. The van der Waals surface area contributed by atoms with Crippen LogP contribution in [-0.4, -0.2) is 37.3 Å². The summed E-state index contributed by atoms with van der Waals surface area (Å²) in [6, 6.07) is 7.66. The van der Waals surface area contributed by atoms with Crippen LogP contribution in [0.25, 0.3) is 0 Å². The molecule has 2 rings (SSSR count). The lowest BCUT2D eigenvalue weighted by Crippen LogP contribution is -2.35. The van der Waals surface area contributed by atoms with Crippen LogP contribution in [0.2, 0.25) is 0 Å². The van der Waals surface area contributed by atoms with E-state index in [2.05, 4.69) is 9.89 Å². The number of benzene rings is 1. The van der Waals surface area contributed by atoms with Gasteiger partial charge in [-0.1, -0.05) is 18.2 Å². The first-order valence-corrected chi connectivity index (χ1v) is 5.36. The first-order valence-electron chi connectivity index (χ1n) is 5.36. The molecule has 0 radical (unpaired) electrons. The van der Waals surface area contributed by atoms with Crippen molar-refractivity contribution in [3.63, 3.8) is 0 Å². The van der Waals surface area contributed by atoms with Crippen LogP contribution >= 0.6 is 0 Å². The van der Waals surface area contributed by atoms with Crippen LogP contribution in [0.4, 0.5) is 5.69 Å². The molecule has 0 aliphatic carbocycles. The lowest BCUT2D eigenvalue weighted by atomic mass is 10.1. The van der Waals surface area contributed by atoms with Crippen LogP contribution in [0.3, 0.4) is 0 Å². The Labute approximate surface area is 94.5 Å². The molecule has 4 heteroatoms. The zero-order valence-corrected chi connectivity index (χ0v) is 9.06. The number of carbonyl (C=O) groups excluding carboxylic acids is 1. The van der Waals surface area contributed by atoms with Crippen LogP contribution in [-0.2, 0) is 16.1 Å². The van der Waals surface area contributed by atoms with E-state index < -0.39 is 0 Å². The Morgan fingerprint density at radius 1 is 1.31 bits per heavy atom. The van der Waals surface area contributed by atoms with Crippen molar-refractivity contribution in [2.24, 2.45) is 4.99 Å². The second-order valence-electron chi connectivity index (χ2n) is 3.72. The zero-order valence-electron chi connectivity index (χ0n) is 9.06. The highest BCUT2D eigenvalue weighted by Crippen LogP contribution is 2.20. The van der Waals surface area contributed by atoms with Gasteiger partial charge in [0.15, 0.2) is 0 Å². The van der Waals surface area contributed by atoms with E-state index >= 15 is 0 Å². The van der Waals surface area contributed by atoms with Crippen molar-refractivity contribution in [3.05, 3.63) is 29.8 Å². The zero-order chi connectivity index (χ0) is 11.2. The molecular formula is C12H14N2O2. The molecule has 0 aromatic heterocycles. The molecule has 0 atom stereocenters. The Morgan fingerprint density at radius 2 is 2.06 bits per heavy atom. The number of hydrogen-bond acceptors (Lipinski definition) is 4. The third-order valence-electron chi connectivity index (χ3n) is 2.66. The fraction of sp³-hybridized carbons (Fsp3) is 0.417. The Bertz CT molecular complexity index is 394. The maximum Gasteiger partial charge on any atom is 0.240 e. The van der Waals surface area contributed by atoms with E-state index in [4.69, 9.17) is 4.74 Å². The Balaban J connectivity index is 2.10. The summed E-state index contributed by atoms with van der Waals surface area (Å²) < 4.78 is 5.29. The highest BCUT2D eigenvalue weighted by atomic mass is 16.5. The van der Waals surface area contributed by atoms with Gasteiger partial charge in [0, 0.05) is 19.6 Å². The molecule has 1 heterocycles.